The zero-order valence-electron chi connectivity index (χ0n) is 21.8. The van der Waals surface area contributed by atoms with Crippen LogP contribution in [0.4, 0.5) is 35.2 Å². The molecule has 5 aromatic rings. The summed E-state index contributed by atoms with van der Waals surface area (Å²) < 4.78 is 41.3. The number of alkyl halides is 3. The molecule has 39 heavy (non-hydrogen) atoms. The number of imidazole rings is 1. The third-order valence-corrected chi connectivity index (χ3v) is 6.34. The Morgan fingerprint density at radius 3 is 2.36 bits per heavy atom. The van der Waals surface area contributed by atoms with Crippen LogP contribution in [0, 0.1) is 0 Å². The molecule has 5 rings (SSSR count). The number of urea groups is 1. The van der Waals surface area contributed by atoms with Crippen molar-refractivity contribution < 1.29 is 18.0 Å². The van der Waals surface area contributed by atoms with Gasteiger partial charge in [0.2, 0.25) is 0 Å². The fourth-order valence-corrected chi connectivity index (χ4v) is 4.61. The monoisotopic (exact) mass is 532 g/mol. The molecule has 200 valence electrons. The average molecular weight is 533 g/mol. The third kappa shape index (κ3) is 4.97. The molecule has 0 saturated carbocycles. The van der Waals surface area contributed by atoms with Gasteiger partial charge in [-0.3, -0.25) is 4.40 Å². The fourth-order valence-electron chi connectivity index (χ4n) is 4.61. The molecule has 10 heteroatoms. The molecule has 0 unspecified atom stereocenters. The van der Waals surface area contributed by atoms with E-state index in [0.717, 1.165) is 45.5 Å². The van der Waals surface area contributed by atoms with Crippen molar-refractivity contribution in [3.8, 4) is 11.3 Å². The van der Waals surface area contributed by atoms with Gasteiger partial charge in [0.25, 0.3) is 0 Å². The first-order chi connectivity index (χ1) is 18.5. The van der Waals surface area contributed by atoms with Gasteiger partial charge >= 0.3 is 12.2 Å². The van der Waals surface area contributed by atoms with Crippen LogP contribution in [0.25, 0.3) is 27.5 Å². The van der Waals surface area contributed by atoms with Gasteiger partial charge in [0.1, 0.15) is 17.0 Å². The number of anilines is 3. The predicted molar refractivity (Wildman–Crippen MR) is 148 cm³/mol. The summed E-state index contributed by atoms with van der Waals surface area (Å²) in [6.07, 6.45) is -0.885. The second-order valence-electron chi connectivity index (χ2n) is 10.1. The van der Waals surface area contributed by atoms with Crippen molar-refractivity contribution in [3.63, 3.8) is 0 Å². The Morgan fingerprint density at radius 2 is 1.67 bits per heavy atom. The molecule has 3 N–H and O–H groups in total. The molecule has 0 aliphatic heterocycles. The number of hydrogen-bond acceptors (Lipinski definition) is 4. The number of halogens is 3. The Labute approximate surface area is 223 Å². The van der Waals surface area contributed by atoms with Crippen LogP contribution in [0.15, 0.2) is 73.1 Å². The van der Waals surface area contributed by atoms with E-state index in [-0.39, 0.29) is 11.1 Å². The summed E-state index contributed by atoms with van der Waals surface area (Å²) >= 11 is 0. The molecule has 2 aromatic heterocycles. The van der Waals surface area contributed by atoms with Gasteiger partial charge in [-0.25, -0.2) is 14.8 Å². The number of nitrogens with zero attached hydrogens (tertiary/aromatic N) is 3. The number of amides is 2. The maximum absolute atomic E-state index is 13.1. The van der Waals surface area contributed by atoms with Crippen LogP contribution in [0.5, 0.6) is 0 Å². The van der Waals surface area contributed by atoms with Gasteiger partial charge in [0.05, 0.1) is 11.3 Å². The standard InChI is InChI=1S/C29H27F3N6O/c1-28(2,3)26-37-23(24-25(33-4)34-14-15-38(24)26)21-12-13-22(20-11-6-5-10-19(20)21)36-27(39)35-18-9-7-8-17(16-18)29(30,31)32/h5-16H,1-4H3,(H,33,34)(H2,35,36,39). The van der Waals surface area contributed by atoms with Crippen molar-refractivity contribution in [1.82, 2.24) is 14.4 Å². The highest BCUT2D eigenvalue weighted by Crippen LogP contribution is 2.39. The summed E-state index contributed by atoms with van der Waals surface area (Å²) in [5.74, 6) is 1.56. The van der Waals surface area contributed by atoms with E-state index in [4.69, 9.17) is 4.98 Å². The zero-order chi connectivity index (χ0) is 27.9. The third-order valence-electron chi connectivity index (χ3n) is 6.34. The highest BCUT2D eigenvalue weighted by atomic mass is 19.4. The van der Waals surface area contributed by atoms with E-state index in [1.807, 2.05) is 48.0 Å². The van der Waals surface area contributed by atoms with Gasteiger partial charge in [0, 0.05) is 41.5 Å². The van der Waals surface area contributed by atoms with Crippen LogP contribution in [0.1, 0.15) is 32.2 Å². The van der Waals surface area contributed by atoms with E-state index in [1.54, 1.807) is 12.3 Å². The second-order valence-corrected chi connectivity index (χ2v) is 10.1. The number of aromatic nitrogens is 3. The summed E-state index contributed by atoms with van der Waals surface area (Å²) in [5.41, 5.74) is 1.89. The SMILES string of the molecule is CNc1nccn2c(C(C)(C)C)nc(-c3ccc(NC(=O)Nc4cccc(C(F)(F)F)c4)c4ccccc34)c12. The molecule has 0 aliphatic rings. The number of fused-ring (bicyclic) bond motifs is 2. The van der Waals surface area contributed by atoms with Crippen LogP contribution < -0.4 is 16.0 Å². The van der Waals surface area contributed by atoms with Gasteiger partial charge in [-0.15, -0.1) is 0 Å². The maximum atomic E-state index is 13.1. The largest absolute Gasteiger partial charge is 0.416 e. The number of rotatable bonds is 4. The molecule has 7 nitrogen and oxygen atoms in total. The van der Waals surface area contributed by atoms with Gasteiger partial charge in [0.15, 0.2) is 5.82 Å². The van der Waals surface area contributed by atoms with Crippen molar-refractivity contribution in [2.45, 2.75) is 32.4 Å². The van der Waals surface area contributed by atoms with Gasteiger partial charge < -0.3 is 16.0 Å². The summed E-state index contributed by atoms with van der Waals surface area (Å²) in [4.78, 5) is 22.3. The molecular formula is C29H27F3N6O. The maximum Gasteiger partial charge on any atom is 0.416 e. The Kier molecular flexibility index (Phi) is 6.41. The first-order valence-corrected chi connectivity index (χ1v) is 12.3. The number of carbonyl (C=O) groups excluding carboxylic acids is 1. The van der Waals surface area contributed by atoms with Crippen molar-refractivity contribution >= 4 is 39.5 Å². The van der Waals surface area contributed by atoms with Crippen LogP contribution in [0.2, 0.25) is 0 Å². The number of benzene rings is 3. The Balaban J connectivity index is 1.56. The Bertz CT molecular complexity index is 1700. The van der Waals surface area contributed by atoms with E-state index in [0.29, 0.717) is 11.5 Å². The lowest BCUT2D eigenvalue weighted by Crippen LogP contribution is -2.20. The van der Waals surface area contributed by atoms with Crippen LogP contribution in [-0.4, -0.2) is 27.4 Å². The Hall–Kier alpha value is -4.60. The topological polar surface area (TPSA) is 83.3 Å². The number of nitrogens with one attached hydrogen (secondary N) is 3. The van der Waals surface area contributed by atoms with Crippen LogP contribution in [0.3, 0.4) is 0 Å². The van der Waals surface area contributed by atoms with Crippen molar-refractivity contribution in [3.05, 3.63) is 84.4 Å². The highest BCUT2D eigenvalue weighted by molar-refractivity contribution is 6.11. The molecule has 0 spiro atoms. The summed E-state index contributed by atoms with van der Waals surface area (Å²) in [6, 6.07) is 15.1. The normalized spacial score (nSPS) is 12.1. The van der Waals surface area contributed by atoms with E-state index in [2.05, 4.69) is 41.7 Å². The van der Waals surface area contributed by atoms with E-state index < -0.39 is 17.8 Å². The zero-order valence-corrected chi connectivity index (χ0v) is 21.8. The Morgan fingerprint density at radius 1 is 0.923 bits per heavy atom. The van der Waals surface area contributed by atoms with Gasteiger partial charge in [-0.1, -0.05) is 57.2 Å². The van der Waals surface area contributed by atoms with Crippen molar-refractivity contribution in [1.29, 1.82) is 0 Å². The lowest BCUT2D eigenvalue weighted by atomic mass is 9.96. The molecule has 0 bridgehead atoms. The summed E-state index contributed by atoms with van der Waals surface area (Å²) in [5, 5.41) is 10.0. The predicted octanol–water partition coefficient (Wildman–Crippen LogP) is 7.55. The van der Waals surface area contributed by atoms with Gasteiger partial charge in [-0.05, 0) is 29.7 Å². The summed E-state index contributed by atoms with van der Waals surface area (Å²) in [6.45, 7) is 6.29. The van der Waals surface area contributed by atoms with E-state index in [1.165, 1.54) is 12.1 Å². The molecule has 3 aromatic carbocycles. The minimum Gasteiger partial charge on any atom is -0.371 e. The van der Waals surface area contributed by atoms with Crippen LogP contribution in [-0.2, 0) is 11.6 Å². The molecular weight excluding hydrogens is 505 g/mol. The highest BCUT2D eigenvalue weighted by Gasteiger charge is 2.30. The minimum absolute atomic E-state index is 0.0366. The number of carbonyl (C=O) groups is 1. The van der Waals surface area contributed by atoms with Crippen molar-refractivity contribution in [2.75, 3.05) is 23.0 Å². The van der Waals surface area contributed by atoms with E-state index >= 15 is 0 Å². The fraction of sp³-hybridized carbons (Fsp3) is 0.207. The lowest BCUT2D eigenvalue weighted by Gasteiger charge is -2.16. The van der Waals surface area contributed by atoms with Gasteiger partial charge in [-0.2, -0.15) is 13.2 Å². The molecule has 0 radical (unpaired) electrons. The van der Waals surface area contributed by atoms with E-state index in [9.17, 15) is 18.0 Å². The lowest BCUT2D eigenvalue weighted by molar-refractivity contribution is -0.137. The van der Waals surface area contributed by atoms with Crippen LogP contribution >= 0.6 is 0 Å². The molecule has 0 atom stereocenters. The minimum atomic E-state index is -4.51. The molecule has 2 heterocycles. The molecule has 0 aliphatic carbocycles. The van der Waals surface area contributed by atoms with Crippen molar-refractivity contribution in [2.24, 2.45) is 0 Å². The average Bonchev–Trinajstić information content (AvgIpc) is 3.29. The molecule has 0 saturated heterocycles. The number of hydrogen-bond donors (Lipinski definition) is 3. The first kappa shape index (κ1) is 26.0. The molecule has 2 amide bonds. The molecule has 0 fully saturated rings. The summed E-state index contributed by atoms with van der Waals surface area (Å²) in [7, 11) is 1.81. The second kappa shape index (κ2) is 9.61. The smallest absolute Gasteiger partial charge is 0.371 e. The first-order valence-electron chi connectivity index (χ1n) is 12.3. The quantitative estimate of drug-likeness (QED) is 0.223.